The van der Waals surface area contributed by atoms with Crippen LogP contribution in [-0.4, -0.2) is 34.5 Å². The third-order valence-electron chi connectivity index (χ3n) is 3.42. The molecule has 1 aliphatic rings. The topological polar surface area (TPSA) is 57.6 Å². The molecule has 0 aliphatic carbocycles. The third-order valence-corrected chi connectivity index (χ3v) is 3.42. The molecule has 1 fully saturated rings. The molecule has 1 heterocycles. The van der Waals surface area contributed by atoms with Crippen molar-refractivity contribution < 1.29 is 14.7 Å². The van der Waals surface area contributed by atoms with E-state index < -0.39 is 12.0 Å². The van der Waals surface area contributed by atoms with Crippen molar-refractivity contribution in [2.24, 2.45) is 0 Å². The van der Waals surface area contributed by atoms with Crippen LogP contribution >= 0.6 is 0 Å². The minimum atomic E-state index is -0.906. The van der Waals surface area contributed by atoms with Crippen LogP contribution < -0.4 is 0 Å². The molecule has 0 unspecified atom stereocenters. The van der Waals surface area contributed by atoms with E-state index >= 15 is 0 Å². The number of carboxylic acids is 1. The Balaban J connectivity index is 2.27. The zero-order chi connectivity index (χ0) is 13.1. The summed E-state index contributed by atoms with van der Waals surface area (Å²) in [4.78, 5) is 25.1. The van der Waals surface area contributed by atoms with Gasteiger partial charge in [0.2, 0.25) is 0 Å². The van der Waals surface area contributed by atoms with Crippen molar-refractivity contribution in [3.05, 3.63) is 35.4 Å². The summed E-state index contributed by atoms with van der Waals surface area (Å²) >= 11 is 0. The Hall–Kier alpha value is -1.84. The molecule has 4 nitrogen and oxygen atoms in total. The zero-order valence-corrected chi connectivity index (χ0v) is 10.4. The fraction of sp³-hybridized carbons (Fsp3) is 0.429. The predicted octanol–water partition coefficient (Wildman–Crippen LogP) is 2.07. The number of likely N-dealkylation sites (tertiary alicyclic amines) is 1. The molecule has 0 aromatic heterocycles. The number of benzene rings is 1. The highest BCUT2D eigenvalue weighted by Gasteiger charge is 2.32. The van der Waals surface area contributed by atoms with E-state index in [1.807, 2.05) is 19.1 Å². The molecule has 1 aliphatic heterocycles. The van der Waals surface area contributed by atoms with E-state index in [0.29, 0.717) is 18.5 Å². The third kappa shape index (κ3) is 2.37. The van der Waals surface area contributed by atoms with Crippen molar-refractivity contribution in [1.29, 1.82) is 0 Å². The average molecular weight is 247 g/mol. The van der Waals surface area contributed by atoms with E-state index in [-0.39, 0.29) is 5.91 Å². The number of aryl methyl sites for hydroxylation is 1. The van der Waals surface area contributed by atoms with Gasteiger partial charge in [-0.15, -0.1) is 0 Å². The Labute approximate surface area is 106 Å². The Morgan fingerprint density at radius 1 is 1.28 bits per heavy atom. The molecule has 0 radical (unpaired) electrons. The number of amides is 1. The lowest BCUT2D eigenvalue weighted by atomic mass is 9.99. The van der Waals surface area contributed by atoms with Crippen molar-refractivity contribution in [1.82, 2.24) is 4.90 Å². The van der Waals surface area contributed by atoms with Crippen molar-refractivity contribution in [2.45, 2.75) is 32.2 Å². The predicted molar refractivity (Wildman–Crippen MR) is 67.5 cm³/mol. The number of rotatable bonds is 2. The lowest BCUT2D eigenvalue weighted by molar-refractivity contribution is -0.143. The molecule has 1 aromatic carbocycles. The highest BCUT2D eigenvalue weighted by molar-refractivity contribution is 5.97. The van der Waals surface area contributed by atoms with E-state index in [9.17, 15) is 14.7 Å². The molecule has 96 valence electrons. The molecular weight excluding hydrogens is 230 g/mol. The number of carbonyl (C=O) groups is 2. The van der Waals surface area contributed by atoms with Gasteiger partial charge in [0.25, 0.3) is 5.91 Å². The standard InChI is InChI=1S/C14H17NO3/c1-10-6-2-3-7-11(10)13(16)15-9-5-4-8-12(15)14(17)18/h2-3,6-7,12H,4-5,8-9H2,1H3,(H,17,18)/t12-/m0/s1. The molecule has 1 amide bonds. The molecule has 2 rings (SSSR count). The molecule has 1 saturated heterocycles. The van der Waals surface area contributed by atoms with Crippen molar-refractivity contribution in [3.8, 4) is 0 Å². The summed E-state index contributed by atoms with van der Waals surface area (Å²) in [6.45, 7) is 2.40. The van der Waals surface area contributed by atoms with Crippen molar-refractivity contribution in [2.75, 3.05) is 6.54 Å². The van der Waals surface area contributed by atoms with Gasteiger partial charge in [-0.3, -0.25) is 4.79 Å². The first-order chi connectivity index (χ1) is 8.61. The van der Waals surface area contributed by atoms with Crippen LogP contribution in [0.1, 0.15) is 35.2 Å². The Morgan fingerprint density at radius 3 is 2.67 bits per heavy atom. The lowest BCUT2D eigenvalue weighted by Gasteiger charge is -2.33. The van der Waals surface area contributed by atoms with Crippen LogP contribution in [0.3, 0.4) is 0 Å². The number of hydrogen-bond acceptors (Lipinski definition) is 2. The van der Waals surface area contributed by atoms with Crippen LogP contribution in [0.5, 0.6) is 0 Å². The number of hydrogen-bond donors (Lipinski definition) is 1. The van der Waals surface area contributed by atoms with Gasteiger partial charge in [-0.2, -0.15) is 0 Å². The van der Waals surface area contributed by atoms with E-state index in [1.165, 1.54) is 4.90 Å². The first kappa shape index (κ1) is 12.6. The summed E-state index contributed by atoms with van der Waals surface area (Å²) in [5.74, 6) is -1.07. The summed E-state index contributed by atoms with van der Waals surface area (Å²) in [5.41, 5.74) is 1.49. The first-order valence-electron chi connectivity index (χ1n) is 6.20. The van der Waals surface area contributed by atoms with Crippen LogP contribution in [0.25, 0.3) is 0 Å². The number of piperidine rings is 1. The maximum atomic E-state index is 12.4. The van der Waals surface area contributed by atoms with Gasteiger partial charge < -0.3 is 10.0 Å². The van der Waals surface area contributed by atoms with E-state index in [4.69, 9.17) is 0 Å². The highest BCUT2D eigenvalue weighted by Crippen LogP contribution is 2.21. The number of carboxylic acid groups (broad SMARTS) is 1. The van der Waals surface area contributed by atoms with Crippen LogP contribution in [0.2, 0.25) is 0 Å². The second kappa shape index (κ2) is 5.21. The fourth-order valence-corrected chi connectivity index (χ4v) is 2.40. The Morgan fingerprint density at radius 2 is 2.00 bits per heavy atom. The minimum absolute atomic E-state index is 0.166. The largest absolute Gasteiger partial charge is 0.480 e. The van der Waals surface area contributed by atoms with Crippen LogP contribution in [0, 0.1) is 6.92 Å². The monoisotopic (exact) mass is 247 g/mol. The van der Waals surface area contributed by atoms with Gasteiger partial charge in [0.05, 0.1) is 0 Å². The summed E-state index contributed by atoms with van der Waals surface area (Å²) in [6, 6.07) is 6.63. The van der Waals surface area contributed by atoms with Gasteiger partial charge in [0.15, 0.2) is 0 Å². The molecule has 0 saturated carbocycles. The van der Waals surface area contributed by atoms with Gasteiger partial charge in [-0.05, 0) is 37.8 Å². The molecule has 1 N–H and O–H groups in total. The molecule has 0 spiro atoms. The Bertz CT molecular complexity index is 470. The fourth-order valence-electron chi connectivity index (χ4n) is 2.40. The summed E-state index contributed by atoms with van der Waals surface area (Å²) in [5, 5.41) is 9.18. The van der Waals surface area contributed by atoms with Gasteiger partial charge in [-0.1, -0.05) is 18.2 Å². The second-order valence-electron chi connectivity index (χ2n) is 4.66. The van der Waals surface area contributed by atoms with Crippen molar-refractivity contribution >= 4 is 11.9 Å². The number of nitrogens with zero attached hydrogens (tertiary/aromatic N) is 1. The molecule has 1 aromatic rings. The van der Waals surface area contributed by atoms with Gasteiger partial charge in [-0.25, -0.2) is 4.79 Å². The summed E-state index contributed by atoms with van der Waals surface area (Å²) < 4.78 is 0. The smallest absolute Gasteiger partial charge is 0.326 e. The molecule has 1 atom stereocenters. The van der Waals surface area contributed by atoms with Crippen LogP contribution in [0.15, 0.2) is 24.3 Å². The molecule has 18 heavy (non-hydrogen) atoms. The van der Waals surface area contributed by atoms with E-state index in [0.717, 1.165) is 18.4 Å². The highest BCUT2D eigenvalue weighted by atomic mass is 16.4. The SMILES string of the molecule is Cc1ccccc1C(=O)N1CCCC[C@H]1C(=O)O. The summed E-state index contributed by atoms with van der Waals surface area (Å²) in [7, 11) is 0. The second-order valence-corrected chi connectivity index (χ2v) is 4.66. The van der Waals surface area contributed by atoms with Gasteiger partial charge in [0.1, 0.15) is 6.04 Å². The number of carbonyl (C=O) groups excluding carboxylic acids is 1. The minimum Gasteiger partial charge on any atom is -0.480 e. The van der Waals surface area contributed by atoms with Gasteiger partial charge >= 0.3 is 5.97 Å². The molecule has 4 heteroatoms. The normalized spacial score (nSPS) is 19.6. The number of aliphatic carboxylic acids is 1. The average Bonchev–Trinajstić information content (AvgIpc) is 2.38. The lowest BCUT2D eigenvalue weighted by Crippen LogP contribution is -2.48. The zero-order valence-electron chi connectivity index (χ0n) is 10.4. The molecule has 0 bridgehead atoms. The van der Waals surface area contributed by atoms with Crippen molar-refractivity contribution in [3.63, 3.8) is 0 Å². The first-order valence-corrected chi connectivity index (χ1v) is 6.20. The summed E-state index contributed by atoms with van der Waals surface area (Å²) in [6.07, 6.45) is 2.29. The van der Waals surface area contributed by atoms with Crippen LogP contribution in [0.4, 0.5) is 0 Å². The molecular formula is C14H17NO3. The van der Waals surface area contributed by atoms with E-state index in [2.05, 4.69) is 0 Å². The van der Waals surface area contributed by atoms with E-state index in [1.54, 1.807) is 12.1 Å². The van der Waals surface area contributed by atoms with Gasteiger partial charge in [0, 0.05) is 12.1 Å². The maximum absolute atomic E-state index is 12.4. The quantitative estimate of drug-likeness (QED) is 0.870. The Kier molecular flexibility index (Phi) is 3.65. The van der Waals surface area contributed by atoms with Crippen LogP contribution in [-0.2, 0) is 4.79 Å². The maximum Gasteiger partial charge on any atom is 0.326 e.